The van der Waals surface area contributed by atoms with Crippen molar-refractivity contribution in [2.24, 2.45) is 7.05 Å². The summed E-state index contributed by atoms with van der Waals surface area (Å²) in [5, 5.41) is 12.0. The standard InChI is InChI=1S/C13H21N5/c1-5-18-11(3)13(9-16-18)10(2)14-8-12-6-7-15-17(12)4/h6-7,9-10,14H,5,8H2,1-4H3. The number of rotatable bonds is 5. The van der Waals surface area contributed by atoms with Crippen LogP contribution in [0, 0.1) is 6.92 Å². The smallest absolute Gasteiger partial charge is 0.0540 e. The van der Waals surface area contributed by atoms with Crippen LogP contribution >= 0.6 is 0 Å². The number of nitrogens with one attached hydrogen (secondary N) is 1. The van der Waals surface area contributed by atoms with E-state index in [0.717, 1.165) is 13.1 Å². The van der Waals surface area contributed by atoms with E-state index in [1.54, 1.807) is 0 Å². The minimum atomic E-state index is 0.292. The van der Waals surface area contributed by atoms with Crippen LogP contribution in [0.3, 0.4) is 0 Å². The van der Waals surface area contributed by atoms with Gasteiger partial charge in [-0.25, -0.2) is 0 Å². The van der Waals surface area contributed by atoms with Gasteiger partial charge in [-0.2, -0.15) is 10.2 Å². The summed E-state index contributed by atoms with van der Waals surface area (Å²) in [5.41, 5.74) is 3.68. The Morgan fingerprint density at radius 3 is 2.72 bits per heavy atom. The molecule has 1 unspecified atom stereocenters. The molecule has 0 aliphatic rings. The Morgan fingerprint density at radius 1 is 1.39 bits per heavy atom. The molecule has 0 spiro atoms. The minimum Gasteiger partial charge on any atom is -0.304 e. The molecule has 2 aromatic heterocycles. The van der Waals surface area contributed by atoms with Crippen molar-refractivity contribution < 1.29 is 0 Å². The van der Waals surface area contributed by atoms with Crippen molar-refractivity contribution in [3.63, 3.8) is 0 Å². The van der Waals surface area contributed by atoms with Crippen molar-refractivity contribution >= 4 is 0 Å². The molecule has 0 saturated carbocycles. The van der Waals surface area contributed by atoms with Crippen molar-refractivity contribution in [2.75, 3.05) is 0 Å². The first-order valence-corrected chi connectivity index (χ1v) is 6.36. The van der Waals surface area contributed by atoms with Gasteiger partial charge < -0.3 is 5.32 Å². The molecule has 5 heteroatoms. The highest BCUT2D eigenvalue weighted by Crippen LogP contribution is 2.17. The molecule has 2 rings (SSSR count). The second kappa shape index (κ2) is 5.35. The first-order valence-electron chi connectivity index (χ1n) is 6.36. The van der Waals surface area contributed by atoms with Gasteiger partial charge in [0.1, 0.15) is 0 Å². The summed E-state index contributed by atoms with van der Waals surface area (Å²) in [7, 11) is 1.96. The Hall–Kier alpha value is -1.62. The van der Waals surface area contributed by atoms with Crippen LogP contribution in [0.1, 0.15) is 36.8 Å². The van der Waals surface area contributed by atoms with E-state index in [2.05, 4.69) is 36.3 Å². The zero-order valence-electron chi connectivity index (χ0n) is 11.5. The monoisotopic (exact) mass is 247 g/mol. The van der Waals surface area contributed by atoms with E-state index >= 15 is 0 Å². The molecule has 2 heterocycles. The Labute approximate surface area is 108 Å². The molecule has 1 N–H and O–H groups in total. The number of hydrogen-bond acceptors (Lipinski definition) is 3. The Bertz CT molecular complexity index is 511. The summed E-state index contributed by atoms with van der Waals surface area (Å²) < 4.78 is 3.92. The van der Waals surface area contributed by atoms with Gasteiger partial charge in [0, 0.05) is 43.6 Å². The van der Waals surface area contributed by atoms with Crippen LogP contribution in [-0.2, 0) is 20.1 Å². The first kappa shape index (κ1) is 12.8. The van der Waals surface area contributed by atoms with Gasteiger partial charge in [-0.3, -0.25) is 9.36 Å². The third-order valence-corrected chi connectivity index (χ3v) is 3.42. The average molecular weight is 247 g/mol. The van der Waals surface area contributed by atoms with Crippen molar-refractivity contribution in [1.82, 2.24) is 24.9 Å². The van der Waals surface area contributed by atoms with E-state index in [1.165, 1.54) is 17.0 Å². The third kappa shape index (κ3) is 2.46. The van der Waals surface area contributed by atoms with Crippen molar-refractivity contribution in [2.45, 2.75) is 39.9 Å². The van der Waals surface area contributed by atoms with Crippen LogP contribution < -0.4 is 5.32 Å². The van der Waals surface area contributed by atoms with E-state index in [9.17, 15) is 0 Å². The molecule has 0 aliphatic heterocycles. The van der Waals surface area contributed by atoms with Crippen LogP contribution in [0.4, 0.5) is 0 Å². The zero-order valence-corrected chi connectivity index (χ0v) is 11.5. The Morgan fingerprint density at radius 2 is 2.17 bits per heavy atom. The minimum absolute atomic E-state index is 0.292. The molecule has 0 amide bonds. The summed E-state index contributed by atoms with van der Waals surface area (Å²) >= 11 is 0. The molecule has 0 fully saturated rings. The fourth-order valence-corrected chi connectivity index (χ4v) is 2.15. The molecule has 2 aromatic rings. The van der Waals surface area contributed by atoms with Crippen LogP contribution in [0.2, 0.25) is 0 Å². The first-order chi connectivity index (χ1) is 8.63. The van der Waals surface area contributed by atoms with Crippen LogP contribution in [0.15, 0.2) is 18.5 Å². The molecule has 0 saturated heterocycles. The predicted molar refractivity (Wildman–Crippen MR) is 71.1 cm³/mol. The highest BCUT2D eigenvalue weighted by molar-refractivity contribution is 5.20. The van der Waals surface area contributed by atoms with Gasteiger partial charge >= 0.3 is 0 Å². The van der Waals surface area contributed by atoms with Gasteiger partial charge in [-0.1, -0.05) is 0 Å². The van der Waals surface area contributed by atoms with E-state index in [-0.39, 0.29) is 0 Å². The predicted octanol–water partition coefficient (Wildman–Crippen LogP) is 1.80. The van der Waals surface area contributed by atoms with Crippen LogP contribution in [0.5, 0.6) is 0 Å². The van der Waals surface area contributed by atoms with Gasteiger partial charge in [0.15, 0.2) is 0 Å². The third-order valence-electron chi connectivity index (χ3n) is 3.42. The van der Waals surface area contributed by atoms with Crippen molar-refractivity contribution in [3.8, 4) is 0 Å². The van der Waals surface area contributed by atoms with Crippen molar-refractivity contribution in [3.05, 3.63) is 35.4 Å². The summed E-state index contributed by atoms with van der Waals surface area (Å²) in [6.07, 6.45) is 3.78. The molecule has 5 nitrogen and oxygen atoms in total. The van der Waals surface area contributed by atoms with Crippen LogP contribution in [-0.4, -0.2) is 19.6 Å². The molecule has 0 bridgehead atoms. The van der Waals surface area contributed by atoms with E-state index in [0.29, 0.717) is 6.04 Å². The second-order valence-corrected chi connectivity index (χ2v) is 4.55. The van der Waals surface area contributed by atoms with Gasteiger partial charge in [0.05, 0.1) is 11.9 Å². The van der Waals surface area contributed by atoms with Gasteiger partial charge in [0.2, 0.25) is 0 Å². The number of hydrogen-bond donors (Lipinski definition) is 1. The molecule has 0 radical (unpaired) electrons. The molecule has 98 valence electrons. The van der Waals surface area contributed by atoms with Gasteiger partial charge in [-0.15, -0.1) is 0 Å². The number of aryl methyl sites for hydroxylation is 2. The summed E-state index contributed by atoms with van der Waals surface area (Å²) in [6.45, 7) is 8.13. The summed E-state index contributed by atoms with van der Waals surface area (Å²) in [5.74, 6) is 0. The van der Waals surface area contributed by atoms with E-state index < -0.39 is 0 Å². The molecule has 18 heavy (non-hydrogen) atoms. The molecule has 0 aromatic carbocycles. The average Bonchev–Trinajstić information content (AvgIpc) is 2.92. The summed E-state index contributed by atoms with van der Waals surface area (Å²) in [6, 6.07) is 2.32. The zero-order chi connectivity index (χ0) is 13.1. The Balaban J connectivity index is 2.01. The maximum Gasteiger partial charge on any atom is 0.0540 e. The SMILES string of the molecule is CCn1ncc(C(C)NCc2ccnn2C)c1C. The maximum atomic E-state index is 4.38. The largest absolute Gasteiger partial charge is 0.304 e. The highest BCUT2D eigenvalue weighted by Gasteiger charge is 2.12. The maximum absolute atomic E-state index is 4.38. The fourth-order valence-electron chi connectivity index (χ4n) is 2.15. The second-order valence-electron chi connectivity index (χ2n) is 4.55. The molecular weight excluding hydrogens is 226 g/mol. The van der Waals surface area contributed by atoms with Gasteiger partial charge in [-0.05, 0) is 26.8 Å². The van der Waals surface area contributed by atoms with E-state index in [4.69, 9.17) is 0 Å². The quantitative estimate of drug-likeness (QED) is 0.876. The normalized spacial score (nSPS) is 12.9. The van der Waals surface area contributed by atoms with Gasteiger partial charge in [0.25, 0.3) is 0 Å². The Kier molecular flexibility index (Phi) is 3.81. The highest BCUT2D eigenvalue weighted by atomic mass is 15.3. The fraction of sp³-hybridized carbons (Fsp3) is 0.538. The lowest BCUT2D eigenvalue weighted by molar-refractivity contribution is 0.544. The van der Waals surface area contributed by atoms with E-state index in [1.807, 2.05) is 34.9 Å². The lowest BCUT2D eigenvalue weighted by atomic mass is 10.1. The number of nitrogens with zero attached hydrogens (tertiary/aromatic N) is 4. The lowest BCUT2D eigenvalue weighted by Gasteiger charge is -2.14. The lowest BCUT2D eigenvalue weighted by Crippen LogP contribution is -2.20. The topological polar surface area (TPSA) is 47.7 Å². The van der Waals surface area contributed by atoms with Crippen molar-refractivity contribution in [1.29, 1.82) is 0 Å². The van der Waals surface area contributed by atoms with Crippen LogP contribution in [0.25, 0.3) is 0 Å². The molecular formula is C13H21N5. The molecule has 1 atom stereocenters. The molecule has 0 aliphatic carbocycles. The summed E-state index contributed by atoms with van der Waals surface area (Å²) in [4.78, 5) is 0. The number of aromatic nitrogens is 4.